The van der Waals surface area contributed by atoms with E-state index in [0.717, 1.165) is 38.5 Å². The van der Waals surface area contributed by atoms with Crippen molar-refractivity contribution in [3.63, 3.8) is 0 Å². The van der Waals surface area contributed by atoms with Gasteiger partial charge in [0, 0.05) is 6.42 Å². The Bertz CT molecular complexity index is 613. The highest BCUT2D eigenvalue weighted by Gasteiger charge is 2.65. The number of hydrogen-bond acceptors (Lipinski definition) is 6. The van der Waals surface area contributed by atoms with Crippen molar-refractivity contribution in [3.05, 3.63) is 11.8 Å². The molecule has 4 unspecified atom stereocenters. The van der Waals surface area contributed by atoms with Crippen molar-refractivity contribution in [2.24, 2.45) is 16.7 Å². The summed E-state index contributed by atoms with van der Waals surface area (Å²) >= 11 is 0. The summed E-state index contributed by atoms with van der Waals surface area (Å²) in [5.41, 5.74) is -1.04. The Kier molecular flexibility index (Phi) is 5.08. The minimum atomic E-state index is -0.710. The van der Waals surface area contributed by atoms with E-state index in [-0.39, 0.29) is 30.2 Å². The second kappa shape index (κ2) is 6.87. The first kappa shape index (κ1) is 19.2. The summed E-state index contributed by atoms with van der Waals surface area (Å²) in [6, 6.07) is 0. The molecule has 4 saturated carbocycles. The van der Waals surface area contributed by atoms with Crippen molar-refractivity contribution in [1.82, 2.24) is 0 Å². The Morgan fingerprint density at radius 2 is 1.85 bits per heavy atom. The maximum atomic E-state index is 12.9. The molecule has 0 saturated heterocycles. The Morgan fingerprint density at radius 1 is 1.12 bits per heavy atom. The quantitative estimate of drug-likeness (QED) is 0.311. The monoisotopic (exact) mass is 366 g/mol. The molecule has 2 N–H and O–H groups in total. The fraction of sp³-hybridized carbons (Fsp3) is 0.800. The predicted octanol–water partition coefficient (Wildman–Crippen LogP) is 3.04. The Morgan fingerprint density at radius 3 is 2.50 bits per heavy atom. The molecule has 0 heterocycles. The van der Waals surface area contributed by atoms with Gasteiger partial charge in [-0.15, -0.1) is 0 Å². The van der Waals surface area contributed by atoms with E-state index in [2.05, 4.69) is 6.92 Å². The summed E-state index contributed by atoms with van der Waals surface area (Å²) in [4.78, 5) is 24.3. The molecule has 0 aromatic carbocycles. The van der Waals surface area contributed by atoms with Gasteiger partial charge in [-0.1, -0.05) is 13.3 Å². The molecule has 0 spiro atoms. The molecule has 26 heavy (non-hydrogen) atoms. The van der Waals surface area contributed by atoms with Gasteiger partial charge >= 0.3 is 11.9 Å². The molecular weight excluding hydrogens is 336 g/mol. The van der Waals surface area contributed by atoms with Gasteiger partial charge in [0.25, 0.3) is 0 Å². The molecule has 4 rings (SSSR count). The average molecular weight is 366 g/mol. The first-order valence-corrected chi connectivity index (χ1v) is 9.63. The van der Waals surface area contributed by atoms with Crippen LogP contribution in [0.1, 0.15) is 65.2 Å². The van der Waals surface area contributed by atoms with Gasteiger partial charge in [-0.2, -0.15) is 0 Å². The van der Waals surface area contributed by atoms with E-state index in [1.165, 1.54) is 6.92 Å². The van der Waals surface area contributed by atoms with E-state index in [1.54, 1.807) is 0 Å². The highest BCUT2D eigenvalue weighted by Crippen LogP contribution is 2.67. The molecule has 4 bridgehead atoms. The topological polar surface area (TPSA) is 93.1 Å². The summed E-state index contributed by atoms with van der Waals surface area (Å²) in [6.45, 7) is 3.95. The fourth-order valence-corrected chi connectivity index (χ4v) is 5.92. The van der Waals surface area contributed by atoms with Crippen molar-refractivity contribution in [2.75, 3.05) is 13.2 Å². The summed E-state index contributed by atoms with van der Waals surface area (Å²) in [6.07, 6.45) is 7.04. The van der Waals surface area contributed by atoms with E-state index in [0.29, 0.717) is 25.0 Å². The summed E-state index contributed by atoms with van der Waals surface area (Å²) in [7, 11) is 0. The van der Waals surface area contributed by atoms with Crippen LogP contribution in [0.15, 0.2) is 11.8 Å². The van der Waals surface area contributed by atoms with E-state index in [9.17, 15) is 14.7 Å². The standard InChI is InChI=1S/C20H30O6/c1-3-18-7-15-8-19(11-18,13-20(24,9-15)12-18)17(23)26-6-4-5-25-16(22)14(2)10-21/h10,15,21,24H,3-9,11-13H2,1-2H3. The van der Waals surface area contributed by atoms with Crippen molar-refractivity contribution >= 4 is 11.9 Å². The Balaban J connectivity index is 1.53. The van der Waals surface area contributed by atoms with Gasteiger partial charge in [0.15, 0.2) is 0 Å². The molecule has 146 valence electrons. The number of rotatable bonds is 7. The van der Waals surface area contributed by atoms with Gasteiger partial charge in [0.1, 0.15) is 0 Å². The van der Waals surface area contributed by atoms with Crippen LogP contribution < -0.4 is 0 Å². The zero-order valence-corrected chi connectivity index (χ0v) is 15.8. The van der Waals surface area contributed by atoms with E-state index in [4.69, 9.17) is 14.6 Å². The minimum Gasteiger partial charge on any atom is -0.515 e. The number of carbonyl (C=O) groups excluding carboxylic acids is 2. The first-order chi connectivity index (χ1) is 12.3. The number of ether oxygens (including phenoxy) is 2. The molecule has 4 aliphatic carbocycles. The van der Waals surface area contributed by atoms with Gasteiger partial charge in [-0.05, 0) is 56.8 Å². The lowest BCUT2D eigenvalue weighted by atomic mass is 9.42. The molecule has 4 aliphatic rings. The second-order valence-corrected chi connectivity index (χ2v) is 8.80. The number of carbonyl (C=O) groups is 2. The molecule has 0 aliphatic heterocycles. The molecular formula is C20H30O6. The zero-order valence-electron chi connectivity index (χ0n) is 15.8. The van der Waals surface area contributed by atoms with Crippen LogP contribution >= 0.6 is 0 Å². The van der Waals surface area contributed by atoms with E-state index in [1.807, 2.05) is 0 Å². The molecule has 0 amide bonds. The summed E-state index contributed by atoms with van der Waals surface area (Å²) in [5, 5.41) is 19.7. The molecule has 0 aromatic rings. The van der Waals surface area contributed by atoms with Crippen molar-refractivity contribution in [3.8, 4) is 0 Å². The van der Waals surface area contributed by atoms with Crippen LogP contribution in [-0.4, -0.2) is 41.0 Å². The normalized spacial score (nSPS) is 38.3. The third-order valence-corrected chi connectivity index (χ3v) is 6.61. The number of hydrogen-bond donors (Lipinski definition) is 2. The van der Waals surface area contributed by atoms with Crippen molar-refractivity contribution in [2.45, 2.75) is 70.8 Å². The molecule has 4 fully saturated rings. The lowest BCUT2D eigenvalue weighted by Crippen LogP contribution is -2.62. The van der Waals surface area contributed by atoms with Crippen LogP contribution in [-0.2, 0) is 19.1 Å². The highest BCUT2D eigenvalue weighted by molar-refractivity contribution is 5.87. The summed E-state index contributed by atoms with van der Waals surface area (Å²) < 4.78 is 10.5. The van der Waals surface area contributed by atoms with Gasteiger partial charge in [0.2, 0.25) is 0 Å². The minimum absolute atomic E-state index is 0.0802. The van der Waals surface area contributed by atoms with Gasteiger partial charge < -0.3 is 19.7 Å². The molecule has 6 heteroatoms. The van der Waals surface area contributed by atoms with Gasteiger partial charge in [-0.3, -0.25) is 4.79 Å². The maximum Gasteiger partial charge on any atom is 0.336 e. The molecule has 0 aromatic heterocycles. The SMILES string of the molecule is CCC12CC3CC(O)(C1)CC(C(=O)OCCCOC(=O)C(C)=CO)(C3)C2. The maximum absolute atomic E-state index is 12.9. The first-order valence-electron chi connectivity index (χ1n) is 9.63. The summed E-state index contributed by atoms with van der Waals surface area (Å²) in [5.74, 6) is -0.361. The largest absolute Gasteiger partial charge is 0.515 e. The molecule has 4 atom stereocenters. The third-order valence-electron chi connectivity index (χ3n) is 6.61. The number of aliphatic hydroxyl groups is 2. The van der Waals surface area contributed by atoms with E-state index >= 15 is 0 Å². The van der Waals surface area contributed by atoms with Crippen LogP contribution in [0.5, 0.6) is 0 Å². The number of aliphatic hydroxyl groups excluding tert-OH is 1. The average Bonchev–Trinajstić information content (AvgIpc) is 2.58. The Labute approximate surface area is 154 Å². The molecule has 0 radical (unpaired) electrons. The van der Waals surface area contributed by atoms with Crippen LogP contribution in [0.4, 0.5) is 0 Å². The Hall–Kier alpha value is -1.56. The second-order valence-electron chi connectivity index (χ2n) is 8.80. The fourth-order valence-electron chi connectivity index (χ4n) is 5.92. The highest BCUT2D eigenvalue weighted by atomic mass is 16.5. The van der Waals surface area contributed by atoms with Gasteiger partial charge in [-0.25, -0.2) is 4.79 Å². The van der Waals surface area contributed by atoms with Crippen LogP contribution in [0.2, 0.25) is 0 Å². The van der Waals surface area contributed by atoms with Crippen molar-refractivity contribution < 1.29 is 29.3 Å². The third kappa shape index (κ3) is 3.48. The van der Waals surface area contributed by atoms with Gasteiger partial charge in [0.05, 0.1) is 36.1 Å². The zero-order chi connectivity index (χ0) is 19.0. The predicted molar refractivity (Wildman–Crippen MR) is 94.2 cm³/mol. The lowest BCUT2D eigenvalue weighted by molar-refractivity contribution is -0.217. The van der Waals surface area contributed by atoms with Crippen LogP contribution in [0.25, 0.3) is 0 Å². The number of esters is 2. The van der Waals surface area contributed by atoms with Crippen LogP contribution in [0, 0.1) is 16.7 Å². The van der Waals surface area contributed by atoms with E-state index < -0.39 is 17.0 Å². The smallest absolute Gasteiger partial charge is 0.336 e. The van der Waals surface area contributed by atoms with Crippen LogP contribution in [0.3, 0.4) is 0 Å². The van der Waals surface area contributed by atoms with Crippen molar-refractivity contribution in [1.29, 1.82) is 0 Å². The lowest BCUT2D eigenvalue weighted by Gasteiger charge is -2.63. The molecule has 6 nitrogen and oxygen atoms in total.